The van der Waals surface area contributed by atoms with Gasteiger partial charge >= 0.3 is 0 Å². The van der Waals surface area contributed by atoms with Crippen LogP contribution in [0.4, 0.5) is 10.1 Å². The molecule has 0 N–H and O–H groups in total. The molecule has 0 radical (unpaired) electrons. The van der Waals surface area contributed by atoms with Gasteiger partial charge in [-0.1, -0.05) is 12.1 Å². The minimum Gasteiger partial charge on any atom is -0.367 e. The van der Waals surface area contributed by atoms with E-state index in [4.69, 9.17) is 11.6 Å². The van der Waals surface area contributed by atoms with E-state index < -0.39 is 0 Å². The average Bonchev–Trinajstić information content (AvgIpc) is 2.30. The molecule has 1 saturated heterocycles. The molecule has 3 nitrogen and oxygen atoms in total. The molecule has 0 atom stereocenters. The smallest absolute Gasteiger partial charge is 0.235 e. The first-order valence-corrected chi connectivity index (χ1v) is 5.95. The first-order valence-electron chi connectivity index (χ1n) is 5.57. The highest BCUT2D eigenvalue weighted by Gasteiger charge is 2.19. The van der Waals surface area contributed by atoms with Gasteiger partial charge in [0.1, 0.15) is 5.82 Å². The van der Waals surface area contributed by atoms with Crippen molar-refractivity contribution < 1.29 is 9.18 Å². The first kappa shape index (κ1) is 12.3. The number of rotatable bonds is 3. The molecule has 0 bridgehead atoms. The number of carbonyl (C=O) groups is 1. The third-order valence-electron chi connectivity index (χ3n) is 2.91. The lowest BCUT2D eigenvalue weighted by Crippen LogP contribution is -2.47. The zero-order valence-electron chi connectivity index (χ0n) is 9.40. The quantitative estimate of drug-likeness (QED) is 0.770. The van der Waals surface area contributed by atoms with Crippen molar-refractivity contribution in [1.82, 2.24) is 4.90 Å². The number of halogens is 2. The van der Waals surface area contributed by atoms with Gasteiger partial charge in [0.15, 0.2) is 0 Å². The Bertz CT molecular complexity index is 405. The molecule has 5 heteroatoms. The standard InChI is InChI=1S/C12H14ClFN2O/c13-12(17)9-15-5-7-16(8-6-15)11-4-2-1-3-10(11)14/h1-4H,5-9H2. The molecule has 1 aromatic carbocycles. The molecule has 1 aromatic rings. The van der Waals surface area contributed by atoms with Crippen LogP contribution < -0.4 is 4.90 Å². The Morgan fingerprint density at radius 2 is 1.88 bits per heavy atom. The molecule has 0 unspecified atom stereocenters. The lowest BCUT2D eigenvalue weighted by Gasteiger charge is -2.35. The Balaban J connectivity index is 1.95. The second-order valence-corrected chi connectivity index (χ2v) is 4.49. The number of nitrogens with zero attached hydrogens (tertiary/aromatic N) is 2. The molecule has 1 fully saturated rings. The minimum absolute atomic E-state index is 0.200. The summed E-state index contributed by atoms with van der Waals surface area (Å²) in [7, 11) is 0. The van der Waals surface area contributed by atoms with Crippen LogP contribution in [0.1, 0.15) is 0 Å². The monoisotopic (exact) mass is 256 g/mol. The van der Waals surface area contributed by atoms with Crippen LogP contribution in [0.2, 0.25) is 0 Å². The molecule has 92 valence electrons. The van der Waals surface area contributed by atoms with Gasteiger partial charge in [-0.15, -0.1) is 0 Å². The molecule has 1 aliphatic rings. The third-order valence-corrected chi connectivity index (χ3v) is 3.03. The Kier molecular flexibility index (Phi) is 3.97. The maximum Gasteiger partial charge on any atom is 0.235 e. The Labute approximate surface area is 105 Å². The molecule has 0 aliphatic carbocycles. The summed E-state index contributed by atoms with van der Waals surface area (Å²) in [5.74, 6) is -0.200. The second kappa shape index (κ2) is 5.47. The van der Waals surface area contributed by atoms with E-state index >= 15 is 0 Å². The number of benzene rings is 1. The molecule has 0 amide bonds. The molecule has 0 spiro atoms. The Morgan fingerprint density at radius 1 is 1.24 bits per heavy atom. The average molecular weight is 257 g/mol. The zero-order valence-corrected chi connectivity index (χ0v) is 10.2. The van der Waals surface area contributed by atoms with E-state index in [2.05, 4.69) is 0 Å². The van der Waals surface area contributed by atoms with Crippen LogP contribution in [0.25, 0.3) is 0 Å². The topological polar surface area (TPSA) is 23.6 Å². The van der Waals surface area contributed by atoms with E-state index in [1.807, 2.05) is 15.9 Å². The normalized spacial score (nSPS) is 17.2. The van der Waals surface area contributed by atoms with E-state index in [-0.39, 0.29) is 17.6 Å². The molecular formula is C12H14ClFN2O. The van der Waals surface area contributed by atoms with E-state index in [1.54, 1.807) is 12.1 Å². The van der Waals surface area contributed by atoms with Crippen molar-refractivity contribution in [2.24, 2.45) is 0 Å². The highest BCUT2D eigenvalue weighted by atomic mass is 35.5. The van der Waals surface area contributed by atoms with Crippen LogP contribution in [0, 0.1) is 5.82 Å². The predicted molar refractivity (Wildman–Crippen MR) is 65.9 cm³/mol. The molecule has 0 saturated carbocycles. The second-order valence-electron chi connectivity index (χ2n) is 4.07. The largest absolute Gasteiger partial charge is 0.367 e. The first-order chi connectivity index (χ1) is 8.16. The fourth-order valence-corrected chi connectivity index (χ4v) is 2.20. The number of hydrogen-bond acceptors (Lipinski definition) is 3. The molecule has 17 heavy (non-hydrogen) atoms. The van der Waals surface area contributed by atoms with Gasteiger partial charge in [-0.2, -0.15) is 0 Å². The van der Waals surface area contributed by atoms with Gasteiger partial charge in [-0.25, -0.2) is 4.39 Å². The van der Waals surface area contributed by atoms with E-state index in [1.165, 1.54) is 6.07 Å². The number of anilines is 1. The van der Waals surface area contributed by atoms with E-state index in [9.17, 15) is 9.18 Å². The third kappa shape index (κ3) is 3.17. The SMILES string of the molecule is O=C(Cl)CN1CCN(c2ccccc2F)CC1. The predicted octanol–water partition coefficient (Wildman–Crippen LogP) is 1.71. The molecule has 1 aliphatic heterocycles. The van der Waals surface area contributed by atoms with Crippen LogP contribution in [0.15, 0.2) is 24.3 Å². The zero-order chi connectivity index (χ0) is 12.3. The van der Waals surface area contributed by atoms with Crippen molar-refractivity contribution in [1.29, 1.82) is 0 Å². The Hall–Kier alpha value is -1.13. The van der Waals surface area contributed by atoms with Gasteiger partial charge in [-0.05, 0) is 23.7 Å². The molecule has 1 heterocycles. The summed E-state index contributed by atoms with van der Waals surface area (Å²) in [4.78, 5) is 14.7. The van der Waals surface area contributed by atoms with Gasteiger partial charge in [0.2, 0.25) is 5.24 Å². The van der Waals surface area contributed by atoms with E-state index in [0.717, 1.165) is 13.1 Å². The summed E-state index contributed by atoms with van der Waals surface area (Å²) in [5.41, 5.74) is 0.629. The summed E-state index contributed by atoms with van der Waals surface area (Å²) >= 11 is 5.34. The van der Waals surface area contributed by atoms with Crippen LogP contribution in [0.3, 0.4) is 0 Å². The molecule has 0 aromatic heterocycles. The minimum atomic E-state index is -0.343. The fraction of sp³-hybridized carbons (Fsp3) is 0.417. The van der Waals surface area contributed by atoms with Crippen molar-refractivity contribution >= 4 is 22.5 Å². The lowest BCUT2D eigenvalue weighted by molar-refractivity contribution is -0.112. The highest BCUT2D eigenvalue weighted by molar-refractivity contribution is 6.64. The van der Waals surface area contributed by atoms with Gasteiger partial charge in [0.25, 0.3) is 0 Å². The molecular weight excluding hydrogens is 243 g/mol. The van der Waals surface area contributed by atoms with Crippen molar-refractivity contribution in [2.75, 3.05) is 37.6 Å². The number of carbonyl (C=O) groups excluding carboxylic acids is 1. The number of hydrogen-bond donors (Lipinski definition) is 0. The highest BCUT2D eigenvalue weighted by Crippen LogP contribution is 2.19. The summed E-state index contributed by atoms with van der Waals surface area (Å²) in [5, 5.41) is -0.343. The molecule has 2 rings (SSSR count). The summed E-state index contributed by atoms with van der Waals surface area (Å²) in [6.07, 6.45) is 0. The van der Waals surface area contributed by atoms with Crippen molar-refractivity contribution in [3.05, 3.63) is 30.1 Å². The Morgan fingerprint density at radius 3 is 2.47 bits per heavy atom. The van der Waals surface area contributed by atoms with Crippen molar-refractivity contribution in [3.8, 4) is 0 Å². The van der Waals surface area contributed by atoms with Crippen LogP contribution in [0.5, 0.6) is 0 Å². The van der Waals surface area contributed by atoms with Crippen LogP contribution in [-0.4, -0.2) is 42.9 Å². The van der Waals surface area contributed by atoms with Gasteiger partial charge < -0.3 is 4.90 Å². The van der Waals surface area contributed by atoms with Crippen LogP contribution >= 0.6 is 11.6 Å². The van der Waals surface area contributed by atoms with E-state index in [0.29, 0.717) is 18.8 Å². The fourth-order valence-electron chi connectivity index (χ4n) is 2.03. The summed E-state index contributed by atoms with van der Waals surface area (Å²) < 4.78 is 13.6. The number of piperazine rings is 1. The van der Waals surface area contributed by atoms with Gasteiger partial charge in [0, 0.05) is 26.2 Å². The lowest BCUT2D eigenvalue weighted by atomic mass is 10.2. The summed E-state index contributed by atoms with van der Waals surface area (Å²) in [6, 6.07) is 6.75. The maximum atomic E-state index is 13.6. The van der Waals surface area contributed by atoms with Crippen LogP contribution in [-0.2, 0) is 4.79 Å². The van der Waals surface area contributed by atoms with Gasteiger partial charge in [0.05, 0.1) is 12.2 Å². The number of para-hydroxylation sites is 1. The summed E-state index contributed by atoms with van der Waals surface area (Å²) in [6.45, 7) is 3.16. The van der Waals surface area contributed by atoms with Crippen molar-refractivity contribution in [2.45, 2.75) is 0 Å². The maximum absolute atomic E-state index is 13.6. The van der Waals surface area contributed by atoms with Crippen molar-refractivity contribution in [3.63, 3.8) is 0 Å². The van der Waals surface area contributed by atoms with Gasteiger partial charge in [-0.3, -0.25) is 9.69 Å².